The van der Waals surface area contributed by atoms with Crippen molar-refractivity contribution in [3.63, 3.8) is 0 Å². The van der Waals surface area contributed by atoms with Crippen molar-refractivity contribution in [1.29, 1.82) is 0 Å². The van der Waals surface area contributed by atoms with E-state index >= 15 is 0 Å². The van der Waals surface area contributed by atoms with Gasteiger partial charge in [-0.1, -0.05) is 26.2 Å². The fourth-order valence-electron chi connectivity index (χ4n) is 2.52. The topological polar surface area (TPSA) is 0 Å². The van der Waals surface area contributed by atoms with Crippen molar-refractivity contribution >= 4 is 0 Å². The number of nitrogens with zero attached hydrogens (tertiary/aromatic N) is 1. The first-order valence-electron chi connectivity index (χ1n) is 5.78. The number of rotatable bonds is 2. The van der Waals surface area contributed by atoms with Gasteiger partial charge in [0.15, 0.2) is 0 Å². The van der Waals surface area contributed by atoms with Crippen LogP contribution in [0.15, 0.2) is 0 Å². The van der Waals surface area contributed by atoms with Crippen LogP contribution in [-0.2, 0) is 0 Å². The molecule has 1 aliphatic rings. The Bertz CT molecular complexity index is 151. The first kappa shape index (κ1) is 14.7. The fourth-order valence-corrected chi connectivity index (χ4v) is 2.52. The number of halogens is 1. The molecule has 1 fully saturated rings. The third kappa shape index (κ3) is 6.23. The molecule has 1 saturated carbocycles. The molecule has 14 heavy (non-hydrogen) atoms. The van der Waals surface area contributed by atoms with Gasteiger partial charge in [-0.2, -0.15) is 0 Å². The summed E-state index contributed by atoms with van der Waals surface area (Å²) in [6, 6.07) is 0. The molecule has 0 aromatic rings. The van der Waals surface area contributed by atoms with E-state index in [2.05, 4.69) is 28.1 Å². The quantitative estimate of drug-likeness (QED) is 0.380. The molecular formula is C12H26IN. The minimum Gasteiger partial charge on any atom is -1.00 e. The van der Waals surface area contributed by atoms with Gasteiger partial charge in [-0.05, 0) is 18.8 Å². The third-order valence-electron chi connectivity index (χ3n) is 3.18. The van der Waals surface area contributed by atoms with Crippen LogP contribution in [0.3, 0.4) is 0 Å². The zero-order chi connectivity index (χ0) is 9.90. The first-order chi connectivity index (χ1) is 5.97. The highest BCUT2D eigenvalue weighted by atomic mass is 127. The molecule has 2 unspecified atom stereocenters. The van der Waals surface area contributed by atoms with Gasteiger partial charge in [-0.25, -0.2) is 0 Å². The lowest BCUT2D eigenvalue weighted by molar-refractivity contribution is -0.874. The van der Waals surface area contributed by atoms with Gasteiger partial charge in [0, 0.05) is 5.92 Å². The van der Waals surface area contributed by atoms with Gasteiger partial charge in [-0.15, -0.1) is 0 Å². The summed E-state index contributed by atoms with van der Waals surface area (Å²) < 4.78 is 1.14. The molecule has 0 N–H and O–H groups in total. The summed E-state index contributed by atoms with van der Waals surface area (Å²) in [6.45, 7) is 3.78. The monoisotopic (exact) mass is 311 g/mol. The smallest absolute Gasteiger partial charge is 0.0809 e. The molecule has 1 rings (SSSR count). The number of hydrogen-bond donors (Lipinski definition) is 0. The van der Waals surface area contributed by atoms with E-state index in [-0.39, 0.29) is 24.0 Å². The van der Waals surface area contributed by atoms with Crippen LogP contribution < -0.4 is 24.0 Å². The molecule has 86 valence electrons. The second kappa shape index (κ2) is 6.31. The molecule has 2 atom stereocenters. The average molecular weight is 311 g/mol. The molecule has 2 heteroatoms. The van der Waals surface area contributed by atoms with E-state index in [1.807, 2.05) is 0 Å². The van der Waals surface area contributed by atoms with Crippen molar-refractivity contribution in [3.8, 4) is 0 Å². The molecule has 0 heterocycles. The van der Waals surface area contributed by atoms with Crippen LogP contribution in [0.1, 0.15) is 39.0 Å². The van der Waals surface area contributed by atoms with E-state index < -0.39 is 0 Å². The van der Waals surface area contributed by atoms with E-state index in [1.54, 1.807) is 0 Å². The SMILES string of the molecule is CC1CCCC(C[N+](C)(C)C)CC1.[I-]. The predicted molar refractivity (Wildman–Crippen MR) is 58.6 cm³/mol. The summed E-state index contributed by atoms with van der Waals surface area (Å²) in [4.78, 5) is 0. The van der Waals surface area contributed by atoms with Crippen molar-refractivity contribution in [2.24, 2.45) is 11.8 Å². The lowest BCUT2D eigenvalue weighted by Crippen LogP contribution is -3.00. The zero-order valence-electron chi connectivity index (χ0n) is 10.2. The van der Waals surface area contributed by atoms with E-state index in [1.165, 1.54) is 38.6 Å². The Labute approximate surface area is 107 Å². The molecule has 0 amide bonds. The third-order valence-corrected chi connectivity index (χ3v) is 3.18. The molecular weight excluding hydrogens is 285 g/mol. The molecule has 0 bridgehead atoms. The van der Waals surface area contributed by atoms with Crippen molar-refractivity contribution in [2.45, 2.75) is 39.0 Å². The van der Waals surface area contributed by atoms with Gasteiger partial charge in [-0.3, -0.25) is 0 Å². The van der Waals surface area contributed by atoms with E-state index in [0.717, 1.165) is 16.3 Å². The molecule has 1 nitrogen and oxygen atoms in total. The minimum absolute atomic E-state index is 0. The molecule has 0 aromatic heterocycles. The summed E-state index contributed by atoms with van der Waals surface area (Å²) >= 11 is 0. The maximum absolute atomic E-state index is 2.41. The summed E-state index contributed by atoms with van der Waals surface area (Å²) in [5.74, 6) is 1.97. The molecule has 0 aromatic carbocycles. The number of quaternary nitrogens is 1. The van der Waals surface area contributed by atoms with Crippen LogP contribution in [0.2, 0.25) is 0 Å². The lowest BCUT2D eigenvalue weighted by Gasteiger charge is -2.28. The van der Waals surface area contributed by atoms with Gasteiger partial charge >= 0.3 is 0 Å². The molecule has 0 radical (unpaired) electrons. The minimum atomic E-state index is 0. The number of hydrogen-bond acceptors (Lipinski definition) is 0. The Balaban J connectivity index is 0.00000169. The first-order valence-corrected chi connectivity index (χ1v) is 5.78. The van der Waals surface area contributed by atoms with Gasteiger partial charge in [0.1, 0.15) is 0 Å². The second-order valence-electron chi connectivity index (χ2n) is 5.95. The van der Waals surface area contributed by atoms with Crippen molar-refractivity contribution in [2.75, 3.05) is 27.7 Å². The van der Waals surface area contributed by atoms with Crippen molar-refractivity contribution < 1.29 is 28.5 Å². The highest BCUT2D eigenvalue weighted by Gasteiger charge is 2.21. The Morgan fingerprint density at radius 3 is 2.21 bits per heavy atom. The molecule has 0 spiro atoms. The predicted octanol–water partition coefficient (Wildman–Crippen LogP) is -0.0870. The summed E-state index contributed by atoms with van der Waals surface area (Å²) in [6.07, 6.45) is 7.33. The van der Waals surface area contributed by atoms with Gasteiger partial charge in [0.2, 0.25) is 0 Å². The molecule has 0 aliphatic heterocycles. The van der Waals surface area contributed by atoms with Crippen LogP contribution in [0.5, 0.6) is 0 Å². The summed E-state index contributed by atoms with van der Waals surface area (Å²) in [5.41, 5.74) is 0. The molecule has 1 aliphatic carbocycles. The fraction of sp³-hybridized carbons (Fsp3) is 1.00. The van der Waals surface area contributed by atoms with Crippen LogP contribution >= 0.6 is 0 Å². The maximum Gasteiger partial charge on any atom is 0.0809 e. The van der Waals surface area contributed by atoms with Gasteiger partial charge < -0.3 is 28.5 Å². The van der Waals surface area contributed by atoms with Crippen LogP contribution in [0.4, 0.5) is 0 Å². The summed E-state index contributed by atoms with van der Waals surface area (Å²) in [5, 5.41) is 0. The van der Waals surface area contributed by atoms with E-state index in [4.69, 9.17) is 0 Å². The average Bonchev–Trinajstić information content (AvgIpc) is 2.12. The van der Waals surface area contributed by atoms with Gasteiger partial charge in [0.05, 0.1) is 27.7 Å². The largest absolute Gasteiger partial charge is 1.00 e. The van der Waals surface area contributed by atoms with Crippen molar-refractivity contribution in [3.05, 3.63) is 0 Å². The standard InChI is InChI=1S/C12H26N.HI/c1-11-6-5-7-12(9-8-11)10-13(2,3)4;/h11-12H,5-10H2,1-4H3;1H/q+1;/p-1. The zero-order valence-corrected chi connectivity index (χ0v) is 12.4. The van der Waals surface area contributed by atoms with E-state index in [0.29, 0.717) is 0 Å². The Morgan fingerprint density at radius 2 is 1.64 bits per heavy atom. The Hall–Kier alpha value is 0.690. The highest BCUT2D eigenvalue weighted by Crippen LogP contribution is 2.27. The van der Waals surface area contributed by atoms with E-state index in [9.17, 15) is 0 Å². The normalized spacial score (nSPS) is 29.1. The molecule has 0 saturated heterocycles. The maximum atomic E-state index is 2.41. The van der Waals surface area contributed by atoms with Crippen LogP contribution in [0.25, 0.3) is 0 Å². The van der Waals surface area contributed by atoms with Crippen LogP contribution in [-0.4, -0.2) is 32.2 Å². The highest BCUT2D eigenvalue weighted by molar-refractivity contribution is 4.67. The van der Waals surface area contributed by atoms with Gasteiger partial charge in [0.25, 0.3) is 0 Å². The second-order valence-corrected chi connectivity index (χ2v) is 5.95. The summed E-state index contributed by atoms with van der Waals surface area (Å²) in [7, 11) is 6.94. The lowest BCUT2D eigenvalue weighted by atomic mass is 9.98. The van der Waals surface area contributed by atoms with Crippen LogP contribution in [0, 0.1) is 11.8 Å². The Kier molecular flexibility index (Phi) is 6.62. The Morgan fingerprint density at radius 1 is 1.00 bits per heavy atom. The van der Waals surface area contributed by atoms with Crippen molar-refractivity contribution in [1.82, 2.24) is 0 Å².